The highest BCUT2D eigenvalue weighted by Crippen LogP contribution is 2.24. The number of ether oxygens (including phenoxy) is 1. The zero-order chi connectivity index (χ0) is 14.6. The predicted octanol–water partition coefficient (Wildman–Crippen LogP) is 0.861. The Morgan fingerprint density at radius 2 is 2.16 bits per heavy atom. The van der Waals surface area contributed by atoms with Gasteiger partial charge in [0.1, 0.15) is 5.76 Å². The van der Waals surface area contributed by atoms with Gasteiger partial charge in [0, 0.05) is 26.3 Å². The molecule has 0 aliphatic heterocycles. The highest BCUT2D eigenvalue weighted by Gasteiger charge is 2.26. The summed E-state index contributed by atoms with van der Waals surface area (Å²) in [5.74, 6) is 0.236. The normalized spacial score (nSPS) is 14.2. The van der Waals surface area contributed by atoms with E-state index in [2.05, 4.69) is 5.16 Å². The van der Waals surface area contributed by atoms with Gasteiger partial charge in [0.15, 0.2) is 0 Å². The van der Waals surface area contributed by atoms with Gasteiger partial charge in [0.25, 0.3) is 0 Å². The maximum Gasteiger partial charge on any atom is 0.229 e. The Bertz CT molecular complexity index is 411. The lowest BCUT2D eigenvalue weighted by Gasteiger charge is -2.23. The van der Waals surface area contributed by atoms with E-state index < -0.39 is 6.10 Å². The van der Waals surface area contributed by atoms with Crippen LogP contribution >= 0.6 is 0 Å². The first kappa shape index (κ1) is 15.7. The van der Waals surface area contributed by atoms with Crippen LogP contribution in [0.3, 0.4) is 0 Å². The summed E-state index contributed by atoms with van der Waals surface area (Å²) in [7, 11) is 3.17. The van der Waals surface area contributed by atoms with Crippen LogP contribution in [-0.4, -0.2) is 54.5 Å². The first-order valence-electron chi connectivity index (χ1n) is 6.23. The van der Waals surface area contributed by atoms with Gasteiger partial charge >= 0.3 is 0 Å². The molecule has 0 fully saturated rings. The van der Waals surface area contributed by atoms with Gasteiger partial charge in [-0.15, -0.1) is 0 Å². The van der Waals surface area contributed by atoms with Crippen molar-refractivity contribution in [2.45, 2.75) is 32.8 Å². The molecule has 2 atom stereocenters. The fourth-order valence-electron chi connectivity index (χ4n) is 2.21. The van der Waals surface area contributed by atoms with Gasteiger partial charge in [-0.3, -0.25) is 4.79 Å². The molecule has 1 aromatic heterocycles. The molecule has 0 aliphatic rings. The van der Waals surface area contributed by atoms with E-state index in [1.165, 1.54) is 12.0 Å². The number of carbonyl (C=O) groups excluding carboxylic acids is 1. The average Bonchev–Trinajstić information content (AvgIpc) is 2.67. The first-order chi connectivity index (χ1) is 8.88. The zero-order valence-electron chi connectivity index (χ0n) is 12.1. The Morgan fingerprint density at radius 3 is 2.63 bits per heavy atom. The number of aromatic nitrogens is 1. The van der Waals surface area contributed by atoms with Crippen molar-refractivity contribution in [1.29, 1.82) is 0 Å². The molecule has 6 nitrogen and oxygen atoms in total. The molecule has 0 spiro atoms. The van der Waals surface area contributed by atoms with Crippen LogP contribution in [-0.2, 0) is 9.53 Å². The van der Waals surface area contributed by atoms with Crippen LogP contribution in [0.1, 0.15) is 29.9 Å². The highest BCUT2D eigenvalue weighted by atomic mass is 16.5. The monoisotopic (exact) mass is 270 g/mol. The molecule has 2 unspecified atom stereocenters. The van der Waals surface area contributed by atoms with Crippen molar-refractivity contribution in [3.05, 3.63) is 17.0 Å². The van der Waals surface area contributed by atoms with Crippen LogP contribution in [0, 0.1) is 13.8 Å². The molecule has 1 amide bonds. The smallest absolute Gasteiger partial charge is 0.229 e. The van der Waals surface area contributed by atoms with Gasteiger partial charge in [0.2, 0.25) is 5.91 Å². The second-order valence-electron chi connectivity index (χ2n) is 4.79. The number of hydrogen-bond donors (Lipinski definition) is 1. The summed E-state index contributed by atoms with van der Waals surface area (Å²) in [5, 5.41) is 13.5. The number of aliphatic hydroxyl groups is 1. The highest BCUT2D eigenvalue weighted by molar-refractivity contribution is 5.83. The number of carbonyl (C=O) groups is 1. The van der Waals surface area contributed by atoms with Gasteiger partial charge in [-0.1, -0.05) is 5.16 Å². The van der Waals surface area contributed by atoms with Crippen molar-refractivity contribution in [3.63, 3.8) is 0 Å². The number of amides is 1. The van der Waals surface area contributed by atoms with E-state index in [9.17, 15) is 9.90 Å². The maximum absolute atomic E-state index is 12.3. The average molecular weight is 270 g/mol. The molecule has 6 heteroatoms. The van der Waals surface area contributed by atoms with Crippen LogP contribution in [0.5, 0.6) is 0 Å². The van der Waals surface area contributed by atoms with Crippen molar-refractivity contribution in [3.8, 4) is 0 Å². The number of methoxy groups -OCH3 is 1. The molecule has 0 saturated heterocycles. The molecular formula is C13H22N2O4. The Morgan fingerprint density at radius 1 is 1.53 bits per heavy atom. The lowest BCUT2D eigenvalue weighted by atomic mass is 9.98. The van der Waals surface area contributed by atoms with E-state index >= 15 is 0 Å². The molecular weight excluding hydrogens is 248 g/mol. The third kappa shape index (κ3) is 3.78. The number of rotatable bonds is 6. The lowest BCUT2D eigenvalue weighted by Crippen LogP contribution is -2.38. The van der Waals surface area contributed by atoms with E-state index in [1.54, 1.807) is 14.0 Å². The minimum Gasteiger partial charge on any atom is -0.389 e. The van der Waals surface area contributed by atoms with Gasteiger partial charge < -0.3 is 19.3 Å². The molecule has 0 aliphatic carbocycles. The fraction of sp³-hybridized carbons (Fsp3) is 0.692. The standard InChI is InChI=1S/C13H22N2O4/c1-8(12-9(2)14-19-10(12)3)13(17)15(4)6-11(16)7-18-5/h8,11,16H,6-7H2,1-5H3. The van der Waals surface area contributed by atoms with Crippen LogP contribution in [0.25, 0.3) is 0 Å². The first-order valence-corrected chi connectivity index (χ1v) is 6.23. The number of hydrogen-bond acceptors (Lipinski definition) is 5. The van der Waals surface area contributed by atoms with Gasteiger partial charge in [-0.05, 0) is 20.8 Å². The Kier molecular flexibility index (Phi) is 5.50. The van der Waals surface area contributed by atoms with E-state index in [1.807, 2.05) is 13.8 Å². The Balaban J connectivity index is 2.72. The van der Waals surface area contributed by atoms with E-state index in [0.29, 0.717) is 5.76 Å². The van der Waals surface area contributed by atoms with E-state index in [-0.39, 0.29) is 25.0 Å². The fourth-order valence-corrected chi connectivity index (χ4v) is 2.21. The van der Waals surface area contributed by atoms with Crippen LogP contribution in [0.2, 0.25) is 0 Å². The Hall–Kier alpha value is -1.40. The largest absolute Gasteiger partial charge is 0.389 e. The van der Waals surface area contributed by atoms with Gasteiger partial charge in [-0.25, -0.2) is 0 Å². The SMILES string of the molecule is COCC(O)CN(C)C(=O)C(C)c1c(C)noc1C. The molecule has 1 N–H and O–H groups in total. The quantitative estimate of drug-likeness (QED) is 0.829. The van der Waals surface area contributed by atoms with Crippen LogP contribution in [0.15, 0.2) is 4.52 Å². The molecule has 0 bridgehead atoms. The molecule has 0 saturated carbocycles. The van der Waals surface area contributed by atoms with Crippen molar-refractivity contribution in [2.24, 2.45) is 0 Å². The lowest BCUT2D eigenvalue weighted by molar-refractivity contribution is -0.132. The number of aliphatic hydroxyl groups excluding tert-OH is 1. The van der Waals surface area contributed by atoms with E-state index in [4.69, 9.17) is 9.26 Å². The number of likely N-dealkylation sites (N-methyl/N-ethyl adjacent to an activating group) is 1. The van der Waals surface area contributed by atoms with Crippen LogP contribution < -0.4 is 0 Å². The molecule has 0 radical (unpaired) electrons. The minimum absolute atomic E-state index is 0.0791. The summed E-state index contributed by atoms with van der Waals surface area (Å²) in [6.45, 7) is 5.86. The maximum atomic E-state index is 12.3. The zero-order valence-corrected chi connectivity index (χ0v) is 12.1. The summed E-state index contributed by atoms with van der Waals surface area (Å²) in [6, 6.07) is 0. The number of nitrogens with zero attached hydrogens (tertiary/aromatic N) is 2. The van der Waals surface area contributed by atoms with E-state index in [0.717, 1.165) is 11.3 Å². The summed E-state index contributed by atoms with van der Waals surface area (Å²) >= 11 is 0. The van der Waals surface area contributed by atoms with Crippen molar-refractivity contribution in [2.75, 3.05) is 27.3 Å². The van der Waals surface area contributed by atoms with Crippen molar-refractivity contribution >= 4 is 5.91 Å². The second-order valence-corrected chi connectivity index (χ2v) is 4.79. The summed E-state index contributed by atoms with van der Waals surface area (Å²) < 4.78 is 9.92. The van der Waals surface area contributed by atoms with Crippen LogP contribution in [0.4, 0.5) is 0 Å². The number of aryl methyl sites for hydroxylation is 2. The summed E-state index contributed by atoms with van der Waals surface area (Å²) in [5.41, 5.74) is 1.54. The molecule has 108 valence electrons. The summed E-state index contributed by atoms with van der Waals surface area (Å²) in [4.78, 5) is 13.8. The molecule has 1 aromatic rings. The molecule has 19 heavy (non-hydrogen) atoms. The third-order valence-electron chi connectivity index (χ3n) is 3.11. The second kappa shape index (κ2) is 6.68. The predicted molar refractivity (Wildman–Crippen MR) is 69.9 cm³/mol. The summed E-state index contributed by atoms with van der Waals surface area (Å²) in [6.07, 6.45) is -0.684. The molecule has 1 rings (SSSR count). The van der Waals surface area contributed by atoms with Crippen molar-refractivity contribution < 1.29 is 19.2 Å². The van der Waals surface area contributed by atoms with Crippen molar-refractivity contribution in [1.82, 2.24) is 10.1 Å². The van der Waals surface area contributed by atoms with Gasteiger partial charge in [0.05, 0.1) is 24.3 Å². The molecule has 1 heterocycles. The Labute approximate surface area is 113 Å². The van der Waals surface area contributed by atoms with Gasteiger partial charge in [-0.2, -0.15) is 0 Å². The third-order valence-corrected chi connectivity index (χ3v) is 3.11. The minimum atomic E-state index is -0.684. The molecule has 0 aromatic carbocycles. The topological polar surface area (TPSA) is 75.8 Å².